The fourth-order valence-corrected chi connectivity index (χ4v) is 3.38. The van der Waals surface area contributed by atoms with Crippen LogP contribution < -0.4 is 0 Å². The predicted molar refractivity (Wildman–Crippen MR) is 68.9 cm³/mol. The lowest BCUT2D eigenvalue weighted by Gasteiger charge is -2.28. The Morgan fingerprint density at radius 1 is 1.40 bits per heavy atom. The lowest BCUT2D eigenvalue weighted by Crippen LogP contribution is -2.46. The Labute approximate surface area is 116 Å². The SMILES string of the molecule is O=C(O)C1(C(=O)N2CCC(c3ncn[nH]3)C2)CCCC1. The number of nitrogens with one attached hydrogen (secondary N) is 1. The van der Waals surface area contributed by atoms with Crippen molar-refractivity contribution in [2.75, 3.05) is 13.1 Å². The second kappa shape index (κ2) is 4.88. The molecule has 1 aliphatic heterocycles. The van der Waals surface area contributed by atoms with Gasteiger partial charge in [0.1, 0.15) is 17.6 Å². The minimum atomic E-state index is -1.18. The fourth-order valence-electron chi connectivity index (χ4n) is 3.38. The minimum Gasteiger partial charge on any atom is -0.480 e. The monoisotopic (exact) mass is 278 g/mol. The number of carboxylic acid groups (broad SMARTS) is 1. The number of nitrogens with zero attached hydrogens (tertiary/aromatic N) is 3. The molecular weight excluding hydrogens is 260 g/mol. The second-order valence-corrected chi connectivity index (χ2v) is 5.70. The number of aromatic nitrogens is 3. The van der Waals surface area contributed by atoms with E-state index in [1.54, 1.807) is 4.90 Å². The summed E-state index contributed by atoms with van der Waals surface area (Å²) in [4.78, 5) is 30.0. The number of carbonyl (C=O) groups is 2. The first-order valence-electron chi connectivity index (χ1n) is 7.01. The average molecular weight is 278 g/mol. The number of rotatable bonds is 3. The van der Waals surface area contributed by atoms with Crippen LogP contribution in [0, 0.1) is 5.41 Å². The van der Waals surface area contributed by atoms with E-state index in [0.29, 0.717) is 25.9 Å². The number of carboxylic acids is 1. The van der Waals surface area contributed by atoms with Crippen LogP contribution in [0.25, 0.3) is 0 Å². The van der Waals surface area contributed by atoms with Crippen molar-refractivity contribution < 1.29 is 14.7 Å². The van der Waals surface area contributed by atoms with E-state index >= 15 is 0 Å². The van der Waals surface area contributed by atoms with Gasteiger partial charge in [-0.05, 0) is 19.3 Å². The van der Waals surface area contributed by atoms with Crippen LogP contribution in [0.15, 0.2) is 6.33 Å². The van der Waals surface area contributed by atoms with Gasteiger partial charge in [-0.1, -0.05) is 12.8 Å². The maximum Gasteiger partial charge on any atom is 0.319 e. The quantitative estimate of drug-likeness (QED) is 0.795. The van der Waals surface area contributed by atoms with E-state index in [4.69, 9.17) is 0 Å². The standard InChI is InChI=1S/C13H18N4O3/c18-11(13(12(19)20)4-1-2-5-13)17-6-3-9(7-17)10-14-8-15-16-10/h8-9H,1-7H2,(H,19,20)(H,14,15,16). The van der Waals surface area contributed by atoms with Crippen molar-refractivity contribution in [1.82, 2.24) is 20.1 Å². The molecule has 1 saturated carbocycles. The summed E-state index contributed by atoms with van der Waals surface area (Å²) in [6.07, 6.45) is 4.82. The zero-order valence-electron chi connectivity index (χ0n) is 11.2. The number of likely N-dealkylation sites (tertiary alicyclic amines) is 1. The van der Waals surface area contributed by atoms with Crippen LogP contribution >= 0.6 is 0 Å². The highest BCUT2D eigenvalue weighted by atomic mass is 16.4. The van der Waals surface area contributed by atoms with Gasteiger partial charge in [0, 0.05) is 19.0 Å². The van der Waals surface area contributed by atoms with Crippen LogP contribution in [0.4, 0.5) is 0 Å². The summed E-state index contributed by atoms with van der Waals surface area (Å²) >= 11 is 0. The molecule has 0 bridgehead atoms. The van der Waals surface area contributed by atoms with Crippen LogP contribution in [0.2, 0.25) is 0 Å². The Hall–Kier alpha value is -1.92. The third-order valence-electron chi connectivity index (χ3n) is 4.57. The molecule has 3 rings (SSSR count). The van der Waals surface area contributed by atoms with Crippen molar-refractivity contribution in [3.05, 3.63) is 12.2 Å². The van der Waals surface area contributed by atoms with Crippen molar-refractivity contribution in [3.8, 4) is 0 Å². The molecule has 7 nitrogen and oxygen atoms in total. The summed E-state index contributed by atoms with van der Waals surface area (Å²) in [6.45, 7) is 1.13. The Bertz CT molecular complexity index is 508. The summed E-state index contributed by atoms with van der Waals surface area (Å²) in [6, 6.07) is 0. The van der Waals surface area contributed by atoms with Crippen molar-refractivity contribution >= 4 is 11.9 Å². The molecule has 7 heteroatoms. The van der Waals surface area contributed by atoms with Crippen molar-refractivity contribution in [2.45, 2.75) is 38.0 Å². The van der Waals surface area contributed by atoms with Crippen LogP contribution in [-0.4, -0.2) is 50.2 Å². The molecule has 1 aromatic heterocycles. The normalized spacial score (nSPS) is 25.0. The number of amides is 1. The van der Waals surface area contributed by atoms with Crippen molar-refractivity contribution in [1.29, 1.82) is 0 Å². The minimum absolute atomic E-state index is 0.133. The lowest BCUT2D eigenvalue weighted by molar-refractivity contribution is -0.159. The molecule has 1 unspecified atom stereocenters. The molecule has 0 aromatic carbocycles. The predicted octanol–water partition coefficient (Wildman–Crippen LogP) is 0.766. The van der Waals surface area contributed by atoms with E-state index in [1.165, 1.54) is 6.33 Å². The molecule has 1 aliphatic carbocycles. The van der Waals surface area contributed by atoms with Gasteiger partial charge >= 0.3 is 5.97 Å². The first kappa shape index (κ1) is 13.1. The van der Waals surface area contributed by atoms with Crippen LogP contribution in [0.3, 0.4) is 0 Å². The molecule has 0 radical (unpaired) electrons. The Kier molecular flexibility index (Phi) is 3.19. The highest BCUT2D eigenvalue weighted by molar-refractivity contribution is 6.02. The molecule has 2 fully saturated rings. The van der Waals surface area contributed by atoms with E-state index < -0.39 is 11.4 Å². The van der Waals surface area contributed by atoms with Gasteiger partial charge in [0.25, 0.3) is 0 Å². The van der Waals surface area contributed by atoms with Crippen molar-refractivity contribution in [2.24, 2.45) is 5.41 Å². The molecule has 1 aromatic rings. The number of carbonyl (C=O) groups excluding carboxylic acids is 1. The zero-order chi connectivity index (χ0) is 14.2. The van der Waals surface area contributed by atoms with Crippen LogP contribution in [0.1, 0.15) is 43.8 Å². The van der Waals surface area contributed by atoms with Crippen LogP contribution in [0.5, 0.6) is 0 Å². The van der Waals surface area contributed by atoms with E-state index in [2.05, 4.69) is 15.2 Å². The summed E-state index contributed by atoms with van der Waals surface area (Å²) < 4.78 is 0. The largest absolute Gasteiger partial charge is 0.480 e. The highest BCUT2D eigenvalue weighted by Crippen LogP contribution is 2.41. The van der Waals surface area contributed by atoms with Gasteiger partial charge in [-0.15, -0.1) is 0 Å². The van der Waals surface area contributed by atoms with Gasteiger partial charge in [-0.2, -0.15) is 5.10 Å². The number of aromatic amines is 1. The van der Waals surface area contributed by atoms with Gasteiger partial charge in [0.2, 0.25) is 5.91 Å². The van der Waals surface area contributed by atoms with Crippen molar-refractivity contribution in [3.63, 3.8) is 0 Å². The Morgan fingerprint density at radius 3 is 2.75 bits per heavy atom. The topological polar surface area (TPSA) is 99.2 Å². The molecular formula is C13H18N4O3. The van der Waals surface area contributed by atoms with Gasteiger partial charge in [0.05, 0.1) is 0 Å². The third-order valence-corrected chi connectivity index (χ3v) is 4.57. The first-order chi connectivity index (χ1) is 9.63. The lowest BCUT2D eigenvalue weighted by atomic mass is 9.84. The van der Waals surface area contributed by atoms with Gasteiger partial charge in [0.15, 0.2) is 0 Å². The van der Waals surface area contributed by atoms with E-state index in [1.807, 2.05) is 0 Å². The molecule has 2 N–H and O–H groups in total. The van der Waals surface area contributed by atoms with E-state index in [-0.39, 0.29) is 11.8 Å². The Balaban J connectivity index is 1.74. The Morgan fingerprint density at radius 2 is 2.15 bits per heavy atom. The summed E-state index contributed by atoms with van der Waals surface area (Å²) in [5.41, 5.74) is -1.18. The summed E-state index contributed by atoms with van der Waals surface area (Å²) in [5, 5.41) is 16.1. The second-order valence-electron chi connectivity index (χ2n) is 5.70. The maximum atomic E-state index is 12.6. The molecule has 1 amide bonds. The zero-order valence-corrected chi connectivity index (χ0v) is 11.2. The van der Waals surface area contributed by atoms with Gasteiger partial charge in [-0.25, -0.2) is 4.98 Å². The van der Waals surface area contributed by atoms with Crippen LogP contribution in [-0.2, 0) is 9.59 Å². The maximum absolute atomic E-state index is 12.6. The molecule has 20 heavy (non-hydrogen) atoms. The van der Waals surface area contributed by atoms with E-state index in [9.17, 15) is 14.7 Å². The summed E-state index contributed by atoms with van der Waals surface area (Å²) in [7, 11) is 0. The summed E-state index contributed by atoms with van der Waals surface area (Å²) in [5.74, 6) is -0.280. The number of hydrogen-bond donors (Lipinski definition) is 2. The molecule has 1 atom stereocenters. The number of hydrogen-bond acceptors (Lipinski definition) is 4. The number of aliphatic carboxylic acids is 1. The average Bonchev–Trinajstić information content (AvgIpc) is 3.18. The fraction of sp³-hybridized carbons (Fsp3) is 0.692. The highest BCUT2D eigenvalue weighted by Gasteiger charge is 2.51. The molecule has 108 valence electrons. The third kappa shape index (κ3) is 1.97. The molecule has 1 saturated heterocycles. The molecule has 2 aliphatic rings. The van der Waals surface area contributed by atoms with Gasteiger partial charge in [-0.3, -0.25) is 14.7 Å². The van der Waals surface area contributed by atoms with Gasteiger partial charge < -0.3 is 10.0 Å². The number of H-pyrrole nitrogens is 1. The smallest absolute Gasteiger partial charge is 0.319 e. The molecule has 2 heterocycles. The first-order valence-corrected chi connectivity index (χ1v) is 7.01. The molecule has 0 spiro atoms. The van der Waals surface area contributed by atoms with E-state index in [0.717, 1.165) is 25.1 Å².